The predicted octanol–water partition coefficient (Wildman–Crippen LogP) is 4.28. The maximum absolute atomic E-state index is 14.1. The molecule has 3 rings (SSSR count). The number of para-hydroxylation sites is 1. The topological polar surface area (TPSA) is 66.5 Å². The molecule has 1 atom stereocenters. The van der Waals surface area contributed by atoms with Gasteiger partial charge in [0.25, 0.3) is 5.91 Å². The largest absolute Gasteiger partial charge is 0.346 e. The molecule has 0 bridgehead atoms. The van der Waals surface area contributed by atoms with Gasteiger partial charge >= 0.3 is 0 Å². The molecule has 3 aromatic rings. The zero-order chi connectivity index (χ0) is 21.7. The molecule has 0 fully saturated rings. The molecule has 1 amide bonds. The van der Waals surface area contributed by atoms with E-state index in [0.717, 1.165) is 16.1 Å². The lowest BCUT2D eigenvalue weighted by atomic mass is 10.1. The van der Waals surface area contributed by atoms with Gasteiger partial charge in [0.1, 0.15) is 5.82 Å². The van der Waals surface area contributed by atoms with E-state index in [4.69, 9.17) is 0 Å². The van der Waals surface area contributed by atoms with Crippen molar-refractivity contribution in [2.45, 2.75) is 19.5 Å². The molecule has 0 saturated carbocycles. The molecule has 7 heteroatoms. The normalized spacial score (nSPS) is 12.2. The van der Waals surface area contributed by atoms with E-state index in [0.29, 0.717) is 11.1 Å². The van der Waals surface area contributed by atoms with E-state index in [1.165, 1.54) is 18.2 Å². The highest BCUT2D eigenvalue weighted by atomic mass is 32.2. The average Bonchev–Trinajstić information content (AvgIpc) is 2.73. The van der Waals surface area contributed by atoms with Crippen LogP contribution in [0.4, 0.5) is 10.1 Å². The number of anilines is 1. The molecule has 0 spiro atoms. The van der Waals surface area contributed by atoms with Gasteiger partial charge in [0, 0.05) is 5.56 Å². The molecule has 0 aliphatic heterocycles. The van der Waals surface area contributed by atoms with Crippen LogP contribution < -0.4 is 9.62 Å². The van der Waals surface area contributed by atoms with Crippen molar-refractivity contribution in [1.29, 1.82) is 0 Å². The molecule has 30 heavy (non-hydrogen) atoms. The third-order valence-electron chi connectivity index (χ3n) is 4.71. The summed E-state index contributed by atoms with van der Waals surface area (Å²) in [4.78, 5) is 12.5. The number of rotatable bonds is 7. The lowest BCUT2D eigenvalue weighted by molar-refractivity contribution is 0.0940. The van der Waals surface area contributed by atoms with Crippen LogP contribution in [-0.2, 0) is 16.6 Å². The summed E-state index contributed by atoms with van der Waals surface area (Å²) in [5, 5.41) is 2.94. The molecule has 0 saturated heterocycles. The number of nitrogens with zero attached hydrogens (tertiary/aromatic N) is 1. The number of nitrogens with one attached hydrogen (secondary N) is 1. The Kier molecular flexibility index (Phi) is 6.52. The third kappa shape index (κ3) is 5.24. The second-order valence-corrected chi connectivity index (χ2v) is 8.93. The highest BCUT2D eigenvalue weighted by molar-refractivity contribution is 7.92. The molecule has 3 aromatic carbocycles. The van der Waals surface area contributed by atoms with Crippen LogP contribution in [0.3, 0.4) is 0 Å². The standard InChI is InChI=1S/C23H23FN2O3S/c1-17(19-8-4-3-5-9-19)25-23(27)20-14-12-18(13-15-20)16-26(30(2,28)29)22-11-7-6-10-21(22)24/h3-15,17H,16H2,1-2H3,(H,25,27). The maximum atomic E-state index is 14.1. The summed E-state index contributed by atoms with van der Waals surface area (Å²) in [5.41, 5.74) is 2.07. The quantitative estimate of drug-likeness (QED) is 0.613. The molecular weight excluding hydrogens is 403 g/mol. The van der Waals surface area contributed by atoms with Crippen LogP contribution in [0.2, 0.25) is 0 Å². The molecule has 0 aromatic heterocycles. The molecule has 0 radical (unpaired) electrons. The number of carbonyl (C=O) groups excluding carboxylic acids is 1. The van der Waals surface area contributed by atoms with Crippen LogP contribution >= 0.6 is 0 Å². The lowest BCUT2D eigenvalue weighted by Crippen LogP contribution is -2.30. The number of benzene rings is 3. The van der Waals surface area contributed by atoms with Gasteiger partial charge in [-0.25, -0.2) is 12.8 Å². The molecule has 0 heterocycles. The Balaban J connectivity index is 1.74. The predicted molar refractivity (Wildman–Crippen MR) is 116 cm³/mol. The second kappa shape index (κ2) is 9.09. The third-order valence-corrected chi connectivity index (χ3v) is 5.84. The van der Waals surface area contributed by atoms with Crippen LogP contribution in [0.15, 0.2) is 78.9 Å². The minimum absolute atomic E-state index is 0.0153. The zero-order valence-electron chi connectivity index (χ0n) is 16.7. The first-order chi connectivity index (χ1) is 14.3. The molecule has 5 nitrogen and oxygen atoms in total. The number of hydrogen-bond acceptors (Lipinski definition) is 3. The van der Waals surface area contributed by atoms with E-state index in [2.05, 4.69) is 5.32 Å². The summed E-state index contributed by atoms with van der Waals surface area (Å²) < 4.78 is 39.6. The number of sulfonamides is 1. The maximum Gasteiger partial charge on any atom is 0.251 e. The van der Waals surface area contributed by atoms with Crippen molar-refractivity contribution >= 4 is 21.6 Å². The van der Waals surface area contributed by atoms with Crippen LogP contribution in [0.5, 0.6) is 0 Å². The van der Waals surface area contributed by atoms with Crippen molar-refractivity contribution in [2.75, 3.05) is 10.6 Å². The molecule has 1 unspecified atom stereocenters. The Hall–Kier alpha value is -3.19. The van der Waals surface area contributed by atoms with Crippen molar-refractivity contribution in [1.82, 2.24) is 5.32 Å². The molecular formula is C23H23FN2O3S. The van der Waals surface area contributed by atoms with Crippen molar-refractivity contribution in [3.05, 3.63) is 101 Å². The van der Waals surface area contributed by atoms with Crippen molar-refractivity contribution in [2.24, 2.45) is 0 Å². The SMILES string of the molecule is CC(NC(=O)c1ccc(CN(c2ccccc2F)S(C)(=O)=O)cc1)c1ccccc1. The smallest absolute Gasteiger partial charge is 0.251 e. The van der Waals surface area contributed by atoms with Gasteiger partial charge in [0.05, 0.1) is 24.5 Å². The van der Waals surface area contributed by atoms with Gasteiger partial charge in [-0.15, -0.1) is 0 Å². The zero-order valence-corrected chi connectivity index (χ0v) is 17.6. The molecule has 156 valence electrons. The summed E-state index contributed by atoms with van der Waals surface area (Å²) in [7, 11) is -3.70. The Morgan fingerprint density at radius 1 is 0.967 bits per heavy atom. The summed E-state index contributed by atoms with van der Waals surface area (Å²) in [6, 6.07) is 21.8. The van der Waals surface area contributed by atoms with E-state index < -0.39 is 15.8 Å². The van der Waals surface area contributed by atoms with Gasteiger partial charge in [0.2, 0.25) is 10.0 Å². The summed E-state index contributed by atoms with van der Waals surface area (Å²) in [5.74, 6) is -0.846. The molecule has 0 aliphatic rings. The lowest BCUT2D eigenvalue weighted by Gasteiger charge is -2.23. The van der Waals surface area contributed by atoms with E-state index in [-0.39, 0.29) is 24.2 Å². The number of hydrogen-bond donors (Lipinski definition) is 1. The average molecular weight is 427 g/mol. The Labute approximate surface area is 176 Å². The Morgan fingerprint density at radius 3 is 2.17 bits per heavy atom. The van der Waals surface area contributed by atoms with Gasteiger partial charge in [0.15, 0.2) is 0 Å². The van der Waals surface area contributed by atoms with Crippen LogP contribution in [-0.4, -0.2) is 20.6 Å². The van der Waals surface area contributed by atoms with E-state index in [9.17, 15) is 17.6 Å². The van der Waals surface area contributed by atoms with Crippen molar-refractivity contribution < 1.29 is 17.6 Å². The first kappa shape index (κ1) is 21.5. The van der Waals surface area contributed by atoms with Crippen molar-refractivity contribution in [3.8, 4) is 0 Å². The number of amides is 1. The summed E-state index contributed by atoms with van der Waals surface area (Å²) in [6.45, 7) is 1.86. The fourth-order valence-electron chi connectivity index (χ4n) is 3.07. The van der Waals surface area contributed by atoms with Crippen LogP contribution in [0.25, 0.3) is 0 Å². The second-order valence-electron chi connectivity index (χ2n) is 7.02. The molecule has 1 N–H and O–H groups in total. The van der Waals surface area contributed by atoms with Crippen molar-refractivity contribution in [3.63, 3.8) is 0 Å². The number of halogens is 1. The first-order valence-electron chi connectivity index (χ1n) is 9.42. The minimum Gasteiger partial charge on any atom is -0.346 e. The fraction of sp³-hybridized carbons (Fsp3) is 0.174. The van der Waals surface area contributed by atoms with E-state index in [1.54, 1.807) is 30.3 Å². The van der Waals surface area contributed by atoms with Gasteiger partial charge < -0.3 is 5.32 Å². The van der Waals surface area contributed by atoms with Gasteiger partial charge in [-0.2, -0.15) is 0 Å². The van der Waals surface area contributed by atoms with Gasteiger partial charge in [-0.3, -0.25) is 9.10 Å². The van der Waals surface area contributed by atoms with Crippen LogP contribution in [0, 0.1) is 5.82 Å². The molecule has 0 aliphatic carbocycles. The monoisotopic (exact) mass is 426 g/mol. The van der Waals surface area contributed by atoms with Gasteiger partial charge in [-0.1, -0.05) is 54.6 Å². The Bertz CT molecular complexity index is 1120. The highest BCUT2D eigenvalue weighted by Gasteiger charge is 2.21. The Morgan fingerprint density at radius 2 is 1.57 bits per heavy atom. The van der Waals surface area contributed by atoms with E-state index in [1.807, 2.05) is 37.3 Å². The highest BCUT2D eigenvalue weighted by Crippen LogP contribution is 2.24. The van der Waals surface area contributed by atoms with Crippen LogP contribution in [0.1, 0.15) is 34.5 Å². The van der Waals surface area contributed by atoms with Gasteiger partial charge in [-0.05, 0) is 42.3 Å². The summed E-state index contributed by atoms with van der Waals surface area (Å²) >= 11 is 0. The van der Waals surface area contributed by atoms with E-state index >= 15 is 0 Å². The summed E-state index contributed by atoms with van der Waals surface area (Å²) in [6.07, 6.45) is 1.03. The minimum atomic E-state index is -3.70. The number of carbonyl (C=O) groups is 1. The first-order valence-corrected chi connectivity index (χ1v) is 11.3. The fourth-order valence-corrected chi connectivity index (χ4v) is 3.96.